The zero-order chi connectivity index (χ0) is 31.6. The maximum atomic E-state index is 15.8. The second-order valence-corrected chi connectivity index (χ2v) is 12.0. The number of aliphatic carboxylic acids is 1. The molecule has 0 bridgehead atoms. The summed E-state index contributed by atoms with van der Waals surface area (Å²) in [5.74, 6) is -3.21. The second kappa shape index (κ2) is 13.2. The second-order valence-electron chi connectivity index (χ2n) is 10.9. The van der Waals surface area contributed by atoms with Gasteiger partial charge in [-0.25, -0.2) is 23.7 Å². The molecule has 0 amide bonds. The van der Waals surface area contributed by atoms with Crippen molar-refractivity contribution in [2.24, 2.45) is 0 Å². The number of likely N-dealkylation sites (tertiary alicyclic amines) is 1. The molecule has 2 saturated heterocycles. The Morgan fingerprint density at radius 1 is 1.14 bits per heavy atom. The first-order valence-electron chi connectivity index (χ1n) is 14.1. The van der Waals surface area contributed by atoms with Crippen molar-refractivity contribution in [2.45, 2.75) is 51.0 Å². The molecule has 0 aliphatic carbocycles. The summed E-state index contributed by atoms with van der Waals surface area (Å²) in [6.07, 6.45) is -1.85. The van der Waals surface area contributed by atoms with Gasteiger partial charge in [0.25, 0.3) is 0 Å². The molecule has 16 heteroatoms. The number of hydrogen-bond donors (Lipinski definition) is 2. The van der Waals surface area contributed by atoms with Crippen LogP contribution in [0.3, 0.4) is 0 Å². The number of nitrogens with zero attached hydrogens (tertiary/aromatic N) is 6. The Bertz CT molecular complexity index is 1490. The lowest BCUT2D eigenvalue weighted by Crippen LogP contribution is -2.55. The van der Waals surface area contributed by atoms with Crippen molar-refractivity contribution in [3.63, 3.8) is 0 Å². The van der Waals surface area contributed by atoms with Crippen molar-refractivity contribution in [3.05, 3.63) is 46.6 Å². The molecular formula is C28H31F6N7O2S. The van der Waals surface area contributed by atoms with E-state index in [-0.39, 0.29) is 60.1 Å². The normalized spacial score (nSPS) is 19.9. The highest BCUT2D eigenvalue weighted by Gasteiger charge is 2.33. The number of halogens is 6. The molecule has 1 unspecified atom stereocenters. The zero-order valence-corrected chi connectivity index (χ0v) is 24.6. The van der Waals surface area contributed by atoms with E-state index in [2.05, 4.69) is 25.2 Å². The minimum Gasteiger partial charge on any atom is -0.481 e. The third-order valence-corrected chi connectivity index (χ3v) is 8.88. The molecule has 4 heterocycles. The van der Waals surface area contributed by atoms with Gasteiger partial charge in [-0.1, -0.05) is 11.3 Å². The van der Waals surface area contributed by atoms with Crippen LogP contribution in [0.4, 0.5) is 43.1 Å². The molecule has 0 spiro atoms. The zero-order valence-electron chi connectivity index (χ0n) is 23.7. The van der Waals surface area contributed by atoms with Crippen molar-refractivity contribution in [1.82, 2.24) is 24.8 Å². The average Bonchev–Trinajstić information content (AvgIpc) is 3.57. The van der Waals surface area contributed by atoms with E-state index in [0.29, 0.717) is 24.0 Å². The standard InChI is InChI=1S/C28H31F6N7O2S/c1-16-3-2-5-40(16)14-21-24(17-9-18(28(32,33)34)11-19(30)10-17)37-27(44-21)38-25-23(31)26(36-15-35-25)41-8-7-39(6-4-22(42)43)20(12-29)13-41/h9-11,15-16,20H,2-8,12-14H2,1H3,(H,42,43)(H,35,36,37,38)/t16-,20?/m1/s1. The maximum Gasteiger partial charge on any atom is 0.416 e. The number of carboxylic acids is 1. The topological polar surface area (TPSA) is 97.7 Å². The van der Waals surface area contributed by atoms with E-state index < -0.39 is 42.1 Å². The van der Waals surface area contributed by atoms with Crippen LogP contribution in [-0.2, 0) is 17.5 Å². The average molecular weight is 644 g/mol. The summed E-state index contributed by atoms with van der Waals surface area (Å²) < 4.78 is 84.4. The van der Waals surface area contributed by atoms with E-state index in [1.165, 1.54) is 0 Å². The molecule has 0 radical (unpaired) electrons. The molecular weight excluding hydrogens is 612 g/mol. The smallest absolute Gasteiger partial charge is 0.416 e. The summed E-state index contributed by atoms with van der Waals surface area (Å²) in [6.45, 7) is 3.24. The van der Waals surface area contributed by atoms with Gasteiger partial charge in [-0.15, -0.1) is 0 Å². The molecule has 238 valence electrons. The van der Waals surface area contributed by atoms with Crippen LogP contribution in [0.1, 0.15) is 36.6 Å². The van der Waals surface area contributed by atoms with Gasteiger partial charge in [0.2, 0.25) is 5.82 Å². The number of benzene rings is 1. The highest BCUT2D eigenvalue weighted by atomic mass is 32.1. The SMILES string of the molecule is C[C@@H]1CCCN1Cc1sc(Nc2ncnc(N3CCN(CCC(=O)O)C(CF)C3)c2F)nc1-c1cc(F)cc(C(F)(F)F)c1. The van der Waals surface area contributed by atoms with Gasteiger partial charge in [-0.2, -0.15) is 17.6 Å². The van der Waals surface area contributed by atoms with E-state index in [1.54, 1.807) is 9.80 Å². The van der Waals surface area contributed by atoms with Crippen LogP contribution in [-0.4, -0.2) is 87.3 Å². The number of carboxylic acid groups (broad SMARTS) is 1. The minimum absolute atomic E-state index is 0.0506. The Hall–Kier alpha value is -3.50. The number of hydrogen-bond acceptors (Lipinski definition) is 9. The number of piperazine rings is 1. The van der Waals surface area contributed by atoms with Crippen LogP contribution in [0.5, 0.6) is 0 Å². The predicted molar refractivity (Wildman–Crippen MR) is 153 cm³/mol. The lowest BCUT2D eigenvalue weighted by Gasteiger charge is -2.40. The fraction of sp³-hybridized carbons (Fsp3) is 0.500. The molecule has 44 heavy (non-hydrogen) atoms. The van der Waals surface area contributed by atoms with Crippen molar-refractivity contribution in [3.8, 4) is 11.3 Å². The molecule has 1 aromatic carbocycles. The molecule has 2 atom stereocenters. The quantitative estimate of drug-likeness (QED) is 0.275. The first-order chi connectivity index (χ1) is 20.9. The molecule has 2 N–H and O–H groups in total. The Morgan fingerprint density at radius 3 is 2.61 bits per heavy atom. The van der Waals surface area contributed by atoms with Crippen LogP contribution in [0, 0.1) is 11.6 Å². The summed E-state index contributed by atoms with van der Waals surface area (Å²) in [5, 5.41) is 11.9. The first kappa shape index (κ1) is 31.9. The van der Waals surface area contributed by atoms with Crippen molar-refractivity contribution in [1.29, 1.82) is 0 Å². The Balaban J connectivity index is 1.42. The summed E-state index contributed by atoms with van der Waals surface area (Å²) in [7, 11) is 0. The van der Waals surface area contributed by atoms with Crippen LogP contribution in [0.25, 0.3) is 11.3 Å². The fourth-order valence-electron chi connectivity index (χ4n) is 5.57. The van der Waals surface area contributed by atoms with Crippen LogP contribution < -0.4 is 10.2 Å². The van der Waals surface area contributed by atoms with Crippen molar-refractivity contribution >= 4 is 34.1 Å². The van der Waals surface area contributed by atoms with Crippen LogP contribution in [0.2, 0.25) is 0 Å². The lowest BCUT2D eigenvalue weighted by atomic mass is 10.1. The van der Waals surface area contributed by atoms with Crippen LogP contribution in [0.15, 0.2) is 24.5 Å². The minimum atomic E-state index is -4.76. The first-order valence-corrected chi connectivity index (χ1v) is 14.9. The van der Waals surface area contributed by atoms with Crippen molar-refractivity contribution in [2.75, 3.05) is 49.6 Å². The molecule has 2 aliphatic rings. The number of carbonyl (C=O) groups is 1. The summed E-state index contributed by atoms with van der Waals surface area (Å²) >= 11 is 1.11. The van der Waals surface area contributed by atoms with Gasteiger partial charge in [-0.05, 0) is 44.5 Å². The number of nitrogens with one attached hydrogen (secondary N) is 1. The maximum absolute atomic E-state index is 15.8. The Labute approximate surface area is 253 Å². The molecule has 9 nitrogen and oxygen atoms in total. The highest BCUT2D eigenvalue weighted by molar-refractivity contribution is 7.16. The van der Waals surface area contributed by atoms with Gasteiger partial charge in [0.1, 0.15) is 18.8 Å². The third kappa shape index (κ3) is 7.24. The van der Waals surface area contributed by atoms with Crippen molar-refractivity contribution < 1.29 is 36.2 Å². The van der Waals surface area contributed by atoms with Gasteiger partial charge in [0.05, 0.1) is 23.7 Å². The number of aromatic nitrogens is 3. The molecule has 3 aromatic rings. The lowest BCUT2D eigenvalue weighted by molar-refractivity contribution is -0.138. The Morgan fingerprint density at radius 2 is 1.93 bits per heavy atom. The summed E-state index contributed by atoms with van der Waals surface area (Å²) in [4.78, 5) is 29.5. The molecule has 2 aliphatic heterocycles. The number of rotatable bonds is 10. The summed E-state index contributed by atoms with van der Waals surface area (Å²) in [5.41, 5.74) is -1.04. The molecule has 2 aromatic heterocycles. The number of anilines is 3. The van der Waals surface area contributed by atoms with Gasteiger partial charge in [0, 0.05) is 49.2 Å². The fourth-order valence-corrected chi connectivity index (χ4v) is 6.58. The monoisotopic (exact) mass is 643 g/mol. The van der Waals surface area contributed by atoms with Gasteiger partial charge in [-0.3, -0.25) is 14.6 Å². The molecule has 2 fully saturated rings. The molecule has 5 rings (SSSR count). The molecule has 0 saturated carbocycles. The number of thiazole rings is 1. The largest absolute Gasteiger partial charge is 0.481 e. The van der Waals surface area contributed by atoms with E-state index in [1.807, 2.05) is 6.92 Å². The van der Waals surface area contributed by atoms with E-state index >= 15 is 4.39 Å². The highest BCUT2D eigenvalue weighted by Crippen LogP contribution is 2.39. The van der Waals surface area contributed by atoms with E-state index in [9.17, 15) is 26.7 Å². The van der Waals surface area contributed by atoms with Gasteiger partial charge in [0.15, 0.2) is 16.8 Å². The van der Waals surface area contributed by atoms with E-state index in [0.717, 1.165) is 49.2 Å². The Kier molecular flexibility index (Phi) is 9.60. The van der Waals surface area contributed by atoms with E-state index in [4.69, 9.17) is 5.11 Å². The third-order valence-electron chi connectivity index (χ3n) is 7.92. The van der Waals surface area contributed by atoms with Crippen LogP contribution >= 0.6 is 11.3 Å². The summed E-state index contributed by atoms with van der Waals surface area (Å²) in [6, 6.07) is 1.85. The van der Waals surface area contributed by atoms with Gasteiger partial charge < -0.3 is 15.3 Å². The van der Waals surface area contributed by atoms with Gasteiger partial charge >= 0.3 is 12.1 Å². The number of alkyl halides is 4. The predicted octanol–water partition coefficient (Wildman–Crippen LogP) is 5.56.